The zero-order chi connectivity index (χ0) is 12.0. The second-order valence-electron chi connectivity index (χ2n) is 4.09. The predicted octanol–water partition coefficient (Wildman–Crippen LogP) is 2.66. The van der Waals surface area contributed by atoms with E-state index in [0.29, 0.717) is 6.54 Å². The minimum Gasteiger partial charge on any atom is -0.491 e. The van der Waals surface area contributed by atoms with Gasteiger partial charge in [-0.2, -0.15) is 0 Å². The second-order valence-corrected chi connectivity index (χ2v) is 4.09. The molecule has 2 N–H and O–H groups in total. The molecule has 3 heteroatoms. The maximum atomic E-state index is 9.17. The first kappa shape index (κ1) is 12.8. The number of rotatable bonds is 6. The van der Waals surface area contributed by atoms with E-state index in [1.807, 2.05) is 24.3 Å². The van der Waals surface area contributed by atoms with Gasteiger partial charge in [0.05, 0.1) is 12.2 Å². The number of hydrogen-bond acceptors (Lipinski definition) is 3. The minimum atomic E-state index is -0.348. The largest absolute Gasteiger partial charge is 0.491 e. The molecule has 0 amide bonds. The molecule has 1 unspecified atom stereocenters. The van der Waals surface area contributed by atoms with Gasteiger partial charge in [0.2, 0.25) is 0 Å². The number of anilines is 1. The Kier molecular flexibility index (Phi) is 5.12. The van der Waals surface area contributed by atoms with E-state index in [1.165, 1.54) is 0 Å². The van der Waals surface area contributed by atoms with Crippen molar-refractivity contribution >= 4 is 5.69 Å². The van der Waals surface area contributed by atoms with Crippen LogP contribution in [0, 0.1) is 0 Å². The van der Waals surface area contributed by atoms with E-state index in [0.717, 1.165) is 17.9 Å². The molecule has 0 saturated heterocycles. The highest BCUT2D eigenvalue weighted by atomic mass is 16.5. The number of hydrogen-bond donors (Lipinski definition) is 2. The highest BCUT2D eigenvalue weighted by molar-refractivity contribution is 5.48. The van der Waals surface area contributed by atoms with Crippen LogP contribution in [0.1, 0.15) is 27.2 Å². The first-order valence-corrected chi connectivity index (χ1v) is 5.80. The van der Waals surface area contributed by atoms with Crippen molar-refractivity contribution in [3.63, 3.8) is 0 Å². The lowest BCUT2D eigenvalue weighted by molar-refractivity contribution is 0.208. The molecule has 1 rings (SSSR count). The molecule has 0 saturated carbocycles. The molecule has 0 aromatic heterocycles. The van der Waals surface area contributed by atoms with Gasteiger partial charge >= 0.3 is 0 Å². The topological polar surface area (TPSA) is 41.5 Å². The van der Waals surface area contributed by atoms with Crippen LogP contribution < -0.4 is 10.1 Å². The third-order valence-corrected chi connectivity index (χ3v) is 2.35. The predicted molar refractivity (Wildman–Crippen MR) is 67.0 cm³/mol. The Bertz CT molecular complexity index is 313. The molecule has 0 bridgehead atoms. The van der Waals surface area contributed by atoms with E-state index in [4.69, 9.17) is 4.74 Å². The van der Waals surface area contributed by atoms with Crippen molar-refractivity contribution in [1.29, 1.82) is 0 Å². The van der Waals surface area contributed by atoms with Gasteiger partial charge in [-0.25, -0.2) is 0 Å². The fourth-order valence-corrected chi connectivity index (χ4v) is 1.26. The van der Waals surface area contributed by atoms with Crippen molar-refractivity contribution in [1.82, 2.24) is 0 Å². The van der Waals surface area contributed by atoms with Crippen molar-refractivity contribution < 1.29 is 9.84 Å². The number of nitrogens with one attached hydrogen (secondary N) is 1. The molecule has 0 heterocycles. The van der Waals surface area contributed by atoms with Crippen molar-refractivity contribution in [2.45, 2.75) is 39.4 Å². The Morgan fingerprint density at radius 1 is 1.38 bits per heavy atom. The molecule has 0 aliphatic carbocycles. The third kappa shape index (κ3) is 4.53. The summed E-state index contributed by atoms with van der Waals surface area (Å²) in [5.74, 6) is 0.866. The highest BCUT2D eigenvalue weighted by Crippen LogP contribution is 2.19. The molecule has 0 aliphatic heterocycles. The summed E-state index contributed by atoms with van der Waals surface area (Å²) >= 11 is 0. The number of ether oxygens (including phenoxy) is 1. The Labute approximate surface area is 97.4 Å². The molecule has 0 radical (unpaired) electrons. The van der Waals surface area contributed by atoms with Gasteiger partial charge in [0.15, 0.2) is 0 Å². The third-order valence-electron chi connectivity index (χ3n) is 2.35. The molecular formula is C13H21NO2. The Morgan fingerprint density at radius 3 is 2.75 bits per heavy atom. The lowest BCUT2D eigenvalue weighted by Crippen LogP contribution is -2.15. The zero-order valence-corrected chi connectivity index (χ0v) is 10.2. The highest BCUT2D eigenvalue weighted by Gasteiger charge is 2.02. The maximum Gasteiger partial charge on any atom is 0.121 e. The van der Waals surface area contributed by atoms with Crippen LogP contribution in [0.2, 0.25) is 0 Å². The van der Waals surface area contributed by atoms with Crippen LogP contribution in [0.3, 0.4) is 0 Å². The number of aliphatic hydroxyl groups excluding tert-OH is 1. The molecule has 0 fully saturated rings. The second kappa shape index (κ2) is 6.38. The fourth-order valence-electron chi connectivity index (χ4n) is 1.26. The summed E-state index contributed by atoms with van der Waals surface area (Å²) in [6, 6.07) is 7.81. The normalized spacial score (nSPS) is 14.2. The van der Waals surface area contributed by atoms with E-state index in [9.17, 15) is 5.11 Å². The van der Waals surface area contributed by atoms with Gasteiger partial charge in [0.25, 0.3) is 0 Å². The molecular weight excluding hydrogens is 202 g/mol. The monoisotopic (exact) mass is 223 g/mol. The summed E-state index contributed by atoms with van der Waals surface area (Å²) in [7, 11) is 0. The van der Waals surface area contributed by atoms with Crippen molar-refractivity contribution in [2.75, 3.05) is 11.9 Å². The number of benzene rings is 1. The first-order valence-electron chi connectivity index (χ1n) is 5.80. The van der Waals surface area contributed by atoms with Crippen LogP contribution in [0.15, 0.2) is 24.3 Å². The van der Waals surface area contributed by atoms with Gasteiger partial charge in [-0.1, -0.05) is 13.0 Å². The summed E-state index contributed by atoms with van der Waals surface area (Å²) < 4.78 is 5.71. The molecule has 1 aromatic carbocycles. The van der Waals surface area contributed by atoms with Crippen molar-refractivity contribution in [3.05, 3.63) is 24.3 Å². The minimum absolute atomic E-state index is 0.229. The average Bonchev–Trinajstić information content (AvgIpc) is 2.26. The standard InChI is InChI=1S/C13H21NO2/c1-4-11(3)16-13-7-5-6-12(8-13)14-9-10(2)15/h5-8,10-11,14-15H,4,9H2,1-3H3/t10-,11?/m1/s1. The molecule has 90 valence electrons. The Hall–Kier alpha value is -1.22. The smallest absolute Gasteiger partial charge is 0.121 e. The summed E-state index contributed by atoms with van der Waals surface area (Å²) in [5, 5.41) is 12.3. The molecule has 3 nitrogen and oxygen atoms in total. The van der Waals surface area contributed by atoms with Gasteiger partial charge in [0, 0.05) is 18.3 Å². The molecule has 0 spiro atoms. The van der Waals surface area contributed by atoms with Crippen LogP contribution >= 0.6 is 0 Å². The summed E-state index contributed by atoms with van der Waals surface area (Å²) in [5.41, 5.74) is 0.974. The van der Waals surface area contributed by atoms with Crippen LogP contribution in [0.5, 0.6) is 5.75 Å². The number of aliphatic hydroxyl groups is 1. The van der Waals surface area contributed by atoms with E-state index >= 15 is 0 Å². The Morgan fingerprint density at radius 2 is 2.12 bits per heavy atom. The fraction of sp³-hybridized carbons (Fsp3) is 0.538. The van der Waals surface area contributed by atoms with Gasteiger partial charge in [0.1, 0.15) is 5.75 Å². The Balaban J connectivity index is 2.56. The van der Waals surface area contributed by atoms with Crippen LogP contribution in [0.4, 0.5) is 5.69 Å². The first-order chi connectivity index (χ1) is 7.61. The molecule has 16 heavy (non-hydrogen) atoms. The maximum absolute atomic E-state index is 9.17. The summed E-state index contributed by atoms with van der Waals surface area (Å²) in [6.45, 7) is 6.45. The van der Waals surface area contributed by atoms with Crippen LogP contribution in [-0.2, 0) is 0 Å². The van der Waals surface area contributed by atoms with Gasteiger partial charge in [-0.05, 0) is 32.4 Å². The summed E-state index contributed by atoms with van der Waals surface area (Å²) in [4.78, 5) is 0. The van der Waals surface area contributed by atoms with Gasteiger partial charge in [-0.3, -0.25) is 0 Å². The van der Waals surface area contributed by atoms with Crippen molar-refractivity contribution in [2.24, 2.45) is 0 Å². The SMILES string of the molecule is CCC(C)Oc1cccc(NC[C@@H](C)O)c1. The lowest BCUT2D eigenvalue weighted by atomic mass is 10.2. The zero-order valence-electron chi connectivity index (χ0n) is 10.2. The van der Waals surface area contributed by atoms with Gasteiger partial charge < -0.3 is 15.2 Å². The van der Waals surface area contributed by atoms with Crippen LogP contribution in [-0.4, -0.2) is 23.9 Å². The van der Waals surface area contributed by atoms with Crippen molar-refractivity contribution in [3.8, 4) is 5.75 Å². The lowest BCUT2D eigenvalue weighted by Gasteiger charge is -2.14. The molecule has 2 atom stereocenters. The molecule has 0 aliphatic rings. The quantitative estimate of drug-likeness (QED) is 0.779. The van der Waals surface area contributed by atoms with E-state index in [1.54, 1.807) is 6.92 Å². The van der Waals surface area contributed by atoms with E-state index < -0.39 is 0 Å². The summed E-state index contributed by atoms with van der Waals surface area (Å²) in [6.07, 6.45) is 0.872. The van der Waals surface area contributed by atoms with E-state index in [2.05, 4.69) is 19.2 Å². The van der Waals surface area contributed by atoms with Crippen LogP contribution in [0.25, 0.3) is 0 Å². The average molecular weight is 223 g/mol. The van der Waals surface area contributed by atoms with E-state index in [-0.39, 0.29) is 12.2 Å². The molecule has 1 aromatic rings. The van der Waals surface area contributed by atoms with Gasteiger partial charge in [-0.15, -0.1) is 0 Å².